The molecule has 17 heavy (non-hydrogen) atoms. The van der Waals surface area contributed by atoms with Crippen LogP contribution in [0.3, 0.4) is 0 Å². The van der Waals surface area contributed by atoms with E-state index in [1.807, 2.05) is 0 Å². The first-order valence-corrected chi connectivity index (χ1v) is 7.84. The summed E-state index contributed by atoms with van der Waals surface area (Å²) in [6.07, 6.45) is 0.638. The molecule has 1 atom stereocenters. The lowest BCUT2D eigenvalue weighted by molar-refractivity contribution is 0.463. The molecule has 1 unspecified atom stereocenters. The lowest BCUT2D eigenvalue weighted by atomic mass is 9.91. The third-order valence-corrected chi connectivity index (χ3v) is 5.30. The zero-order valence-corrected chi connectivity index (χ0v) is 11.5. The van der Waals surface area contributed by atoms with Crippen molar-refractivity contribution in [2.24, 2.45) is 5.73 Å². The standard InChI is InChI=1S/C11H13BrFNO2S/c12-9-1-2-10(13)8(5-9)6-11(14)3-4-17(15,16)7-11/h1-2,5H,3-4,6-7,14H2. The molecule has 0 aliphatic carbocycles. The molecule has 94 valence electrons. The number of hydrogen-bond acceptors (Lipinski definition) is 3. The van der Waals surface area contributed by atoms with Crippen molar-refractivity contribution in [1.82, 2.24) is 0 Å². The molecule has 1 aliphatic heterocycles. The lowest BCUT2D eigenvalue weighted by Crippen LogP contribution is -2.43. The number of sulfone groups is 1. The van der Waals surface area contributed by atoms with Crippen LogP contribution in [0.2, 0.25) is 0 Å². The first-order chi connectivity index (χ1) is 7.80. The first-order valence-electron chi connectivity index (χ1n) is 5.23. The van der Waals surface area contributed by atoms with Crippen molar-refractivity contribution in [3.8, 4) is 0 Å². The Morgan fingerprint density at radius 3 is 2.76 bits per heavy atom. The fraction of sp³-hybridized carbons (Fsp3) is 0.455. The van der Waals surface area contributed by atoms with Gasteiger partial charge in [-0.25, -0.2) is 12.8 Å². The molecule has 0 aromatic heterocycles. The summed E-state index contributed by atoms with van der Waals surface area (Å²) in [5, 5.41) is 0. The van der Waals surface area contributed by atoms with Gasteiger partial charge in [-0.05, 0) is 36.6 Å². The Balaban J connectivity index is 2.24. The largest absolute Gasteiger partial charge is 0.324 e. The van der Waals surface area contributed by atoms with E-state index >= 15 is 0 Å². The Morgan fingerprint density at radius 1 is 1.47 bits per heavy atom. The van der Waals surface area contributed by atoms with E-state index in [0.717, 1.165) is 4.47 Å². The predicted octanol–water partition coefficient (Wildman–Crippen LogP) is 1.65. The molecule has 3 nitrogen and oxygen atoms in total. The molecule has 0 spiro atoms. The average molecular weight is 322 g/mol. The van der Waals surface area contributed by atoms with Crippen LogP contribution in [0, 0.1) is 5.82 Å². The molecule has 0 radical (unpaired) electrons. The van der Waals surface area contributed by atoms with Crippen LogP contribution >= 0.6 is 15.9 Å². The van der Waals surface area contributed by atoms with Crippen LogP contribution in [-0.4, -0.2) is 25.5 Å². The Hall–Kier alpha value is -0.460. The summed E-state index contributed by atoms with van der Waals surface area (Å²) in [4.78, 5) is 0. The minimum absolute atomic E-state index is 0.0635. The Morgan fingerprint density at radius 2 is 2.18 bits per heavy atom. The molecule has 0 bridgehead atoms. The second-order valence-corrected chi connectivity index (χ2v) is 7.72. The van der Waals surface area contributed by atoms with Crippen LogP contribution < -0.4 is 5.73 Å². The quantitative estimate of drug-likeness (QED) is 0.901. The average Bonchev–Trinajstić information content (AvgIpc) is 2.47. The van der Waals surface area contributed by atoms with Crippen LogP contribution in [0.1, 0.15) is 12.0 Å². The zero-order valence-electron chi connectivity index (χ0n) is 9.12. The highest BCUT2D eigenvalue weighted by Gasteiger charge is 2.39. The van der Waals surface area contributed by atoms with Crippen molar-refractivity contribution in [3.05, 3.63) is 34.1 Å². The van der Waals surface area contributed by atoms with Gasteiger partial charge < -0.3 is 5.73 Å². The summed E-state index contributed by atoms with van der Waals surface area (Å²) in [5.41, 5.74) is 5.65. The van der Waals surface area contributed by atoms with Crippen LogP contribution in [0.15, 0.2) is 22.7 Å². The number of hydrogen-bond donors (Lipinski definition) is 1. The molecule has 0 amide bonds. The number of benzene rings is 1. The van der Waals surface area contributed by atoms with Crippen molar-refractivity contribution >= 4 is 25.8 Å². The molecule has 0 saturated carbocycles. The molecule has 1 aromatic rings. The topological polar surface area (TPSA) is 60.2 Å². The van der Waals surface area contributed by atoms with Crippen molar-refractivity contribution in [2.45, 2.75) is 18.4 Å². The highest BCUT2D eigenvalue weighted by atomic mass is 79.9. The third-order valence-electron chi connectivity index (χ3n) is 2.97. The molecular formula is C11H13BrFNO2S. The van der Waals surface area contributed by atoms with Crippen molar-refractivity contribution in [2.75, 3.05) is 11.5 Å². The minimum Gasteiger partial charge on any atom is -0.324 e. The van der Waals surface area contributed by atoms with Crippen LogP contribution in [0.4, 0.5) is 4.39 Å². The van der Waals surface area contributed by atoms with E-state index < -0.39 is 15.4 Å². The van der Waals surface area contributed by atoms with Gasteiger partial charge in [0.1, 0.15) is 5.82 Å². The first kappa shape index (κ1) is 13.0. The fourth-order valence-corrected chi connectivity index (χ4v) is 4.53. The molecule has 1 aliphatic rings. The van der Waals surface area contributed by atoms with E-state index in [-0.39, 0.29) is 23.7 Å². The summed E-state index contributed by atoms with van der Waals surface area (Å²) in [7, 11) is -3.06. The Labute approximate surface area is 108 Å². The number of rotatable bonds is 2. The van der Waals surface area contributed by atoms with Crippen molar-refractivity contribution < 1.29 is 12.8 Å². The zero-order chi connectivity index (χ0) is 12.7. The van der Waals surface area contributed by atoms with E-state index in [9.17, 15) is 12.8 Å². The maximum absolute atomic E-state index is 13.6. The highest BCUT2D eigenvalue weighted by molar-refractivity contribution is 9.10. The lowest BCUT2D eigenvalue weighted by Gasteiger charge is -2.22. The SMILES string of the molecule is NC1(Cc2cc(Br)ccc2F)CCS(=O)(=O)C1. The smallest absolute Gasteiger partial charge is 0.152 e. The number of nitrogens with two attached hydrogens (primary N) is 1. The summed E-state index contributed by atoms with van der Waals surface area (Å²) in [5.74, 6) is -0.312. The molecule has 2 N–H and O–H groups in total. The van der Waals surface area contributed by atoms with Gasteiger partial charge in [-0.2, -0.15) is 0 Å². The highest BCUT2D eigenvalue weighted by Crippen LogP contribution is 2.27. The molecule has 1 heterocycles. The van der Waals surface area contributed by atoms with Crippen molar-refractivity contribution in [3.63, 3.8) is 0 Å². The van der Waals surface area contributed by atoms with Gasteiger partial charge in [-0.1, -0.05) is 15.9 Å². The molecule has 1 saturated heterocycles. The summed E-state index contributed by atoms with van der Waals surface area (Å²) >= 11 is 3.26. The van der Waals surface area contributed by atoms with Gasteiger partial charge in [0, 0.05) is 10.0 Å². The molecule has 6 heteroatoms. The van der Waals surface area contributed by atoms with Gasteiger partial charge in [0.25, 0.3) is 0 Å². The van der Waals surface area contributed by atoms with Crippen LogP contribution in [0.5, 0.6) is 0 Å². The Kier molecular flexibility index (Phi) is 3.31. The van der Waals surface area contributed by atoms with Gasteiger partial charge in [0.2, 0.25) is 0 Å². The van der Waals surface area contributed by atoms with Gasteiger partial charge >= 0.3 is 0 Å². The normalized spacial score (nSPS) is 27.2. The second kappa shape index (κ2) is 4.33. The van der Waals surface area contributed by atoms with Crippen LogP contribution in [0.25, 0.3) is 0 Å². The molecule has 1 aromatic carbocycles. The van der Waals surface area contributed by atoms with E-state index in [1.165, 1.54) is 6.07 Å². The van der Waals surface area contributed by atoms with Gasteiger partial charge in [-0.3, -0.25) is 0 Å². The molecule has 1 fully saturated rings. The fourth-order valence-electron chi connectivity index (χ4n) is 2.14. The van der Waals surface area contributed by atoms with Gasteiger partial charge in [0.05, 0.1) is 11.5 Å². The molecular weight excluding hydrogens is 309 g/mol. The minimum atomic E-state index is -3.06. The van der Waals surface area contributed by atoms with E-state index in [4.69, 9.17) is 5.73 Å². The third kappa shape index (κ3) is 3.05. The van der Waals surface area contributed by atoms with E-state index in [1.54, 1.807) is 12.1 Å². The predicted molar refractivity (Wildman–Crippen MR) is 68.0 cm³/mol. The van der Waals surface area contributed by atoms with E-state index in [0.29, 0.717) is 12.0 Å². The summed E-state index contributed by atoms with van der Waals surface area (Å²) < 4.78 is 37.1. The summed E-state index contributed by atoms with van der Waals surface area (Å²) in [6, 6.07) is 4.61. The maximum atomic E-state index is 13.6. The van der Waals surface area contributed by atoms with Gasteiger partial charge in [0.15, 0.2) is 9.84 Å². The monoisotopic (exact) mass is 321 g/mol. The Bertz CT molecular complexity index is 546. The summed E-state index contributed by atoms with van der Waals surface area (Å²) in [6.45, 7) is 0. The van der Waals surface area contributed by atoms with Crippen LogP contribution in [-0.2, 0) is 16.3 Å². The van der Waals surface area contributed by atoms with Crippen molar-refractivity contribution in [1.29, 1.82) is 0 Å². The molecule has 2 rings (SSSR count). The van der Waals surface area contributed by atoms with E-state index in [2.05, 4.69) is 15.9 Å². The maximum Gasteiger partial charge on any atom is 0.152 e. The number of halogens is 2. The van der Waals surface area contributed by atoms with Gasteiger partial charge in [-0.15, -0.1) is 0 Å². The second-order valence-electron chi connectivity index (χ2n) is 4.62.